The van der Waals surface area contributed by atoms with E-state index in [-0.39, 0.29) is 0 Å². The van der Waals surface area contributed by atoms with Gasteiger partial charge in [0.2, 0.25) is 0 Å². The van der Waals surface area contributed by atoms with Crippen molar-refractivity contribution in [2.75, 3.05) is 0 Å². The zero-order valence-corrected chi connectivity index (χ0v) is 7.91. The molecule has 68 valence electrons. The average Bonchev–Trinajstić information content (AvgIpc) is 2.57. The minimum atomic E-state index is 0.978. The van der Waals surface area contributed by atoms with E-state index in [1.165, 1.54) is 16.3 Å². The topological polar surface area (TPSA) is 28.7 Å². The maximum Gasteiger partial charge on any atom is 0.138 e. The van der Waals surface area contributed by atoms with Crippen LogP contribution in [0.3, 0.4) is 0 Å². The van der Waals surface area contributed by atoms with Gasteiger partial charge >= 0.3 is 0 Å². The van der Waals surface area contributed by atoms with Crippen molar-refractivity contribution < 1.29 is 0 Å². The molecule has 0 atom stereocenters. The first-order valence-electron chi connectivity index (χ1n) is 4.68. The van der Waals surface area contributed by atoms with Crippen molar-refractivity contribution in [1.29, 1.82) is 0 Å². The SMILES string of the molecule is Cc1ccnc2[nH]c3ccccc3c12. The fourth-order valence-electron chi connectivity index (χ4n) is 1.93. The normalized spacial score (nSPS) is 11.2. The highest BCUT2D eigenvalue weighted by molar-refractivity contribution is 6.07. The molecular formula is C12H10N2. The summed E-state index contributed by atoms with van der Waals surface area (Å²) in [7, 11) is 0. The van der Waals surface area contributed by atoms with Gasteiger partial charge < -0.3 is 4.98 Å². The van der Waals surface area contributed by atoms with Crippen molar-refractivity contribution in [1.82, 2.24) is 9.97 Å². The summed E-state index contributed by atoms with van der Waals surface area (Å²) in [5, 5.41) is 2.50. The van der Waals surface area contributed by atoms with Gasteiger partial charge in [0, 0.05) is 22.5 Å². The van der Waals surface area contributed by atoms with Crippen LogP contribution in [0.1, 0.15) is 5.56 Å². The molecule has 2 aromatic heterocycles. The minimum absolute atomic E-state index is 0.978. The number of H-pyrrole nitrogens is 1. The van der Waals surface area contributed by atoms with Gasteiger partial charge in [-0.3, -0.25) is 0 Å². The molecule has 0 fully saturated rings. The highest BCUT2D eigenvalue weighted by atomic mass is 14.8. The van der Waals surface area contributed by atoms with Crippen molar-refractivity contribution in [3.63, 3.8) is 0 Å². The largest absolute Gasteiger partial charge is 0.339 e. The lowest BCUT2D eigenvalue weighted by atomic mass is 10.1. The Morgan fingerprint density at radius 2 is 2.00 bits per heavy atom. The number of rotatable bonds is 0. The summed E-state index contributed by atoms with van der Waals surface area (Å²) < 4.78 is 0. The van der Waals surface area contributed by atoms with E-state index in [1.54, 1.807) is 0 Å². The van der Waals surface area contributed by atoms with Crippen LogP contribution in [-0.2, 0) is 0 Å². The summed E-state index contributed by atoms with van der Waals surface area (Å²) in [5.41, 5.74) is 3.41. The van der Waals surface area contributed by atoms with Crippen LogP contribution < -0.4 is 0 Å². The second-order valence-electron chi connectivity index (χ2n) is 3.52. The van der Waals surface area contributed by atoms with Gasteiger partial charge in [-0.1, -0.05) is 18.2 Å². The fourth-order valence-corrected chi connectivity index (χ4v) is 1.93. The van der Waals surface area contributed by atoms with Crippen LogP contribution in [0.2, 0.25) is 0 Å². The molecule has 2 nitrogen and oxygen atoms in total. The lowest BCUT2D eigenvalue weighted by Crippen LogP contribution is -1.77. The van der Waals surface area contributed by atoms with E-state index in [4.69, 9.17) is 0 Å². The van der Waals surface area contributed by atoms with Gasteiger partial charge in [-0.05, 0) is 24.6 Å². The minimum Gasteiger partial charge on any atom is -0.339 e. The molecule has 2 heterocycles. The van der Waals surface area contributed by atoms with E-state index >= 15 is 0 Å². The van der Waals surface area contributed by atoms with Crippen molar-refractivity contribution in [3.8, 4) is 0 Å². The third-order valence-corrected chi connectivity index (χ3v) is 2.61. The van der Waals surface area contributed by atoms with E-state index in [9.17, 15) is 0 Å². The van der Waals surface area contributed by atoms with Crippen LogP contribution in [0, 0.1) is 6.92 Å². The zero-order valence-electron chi connectivity index (χ0n) is 7.91. The van der Waals surface area contributed by atoms with Gasteiger partial charge in [-0.25, -0.2) is 4.98 Å². The Labute approximate surface area is 81.6 Å². The number of para-hydroxylation sites is 1. The molecule has 0 saturated heterocycles. The Bertz CT molecular complexity index is 608. The molecule has 0 bridgehead atoms. The molecule has 3 rings (SSSR count). The molecule has 1 aromatic carbocycles. The van der Waals surface area contributed by atoms with Gasteiger partial charge in [0.25, 0.3) is 0 Å². The van der Waals surface area contributed by atoms with Crippen molar-refractivity contribution >= 4 is 21.9 Å². The van der Waals surface area contributed by atoms with Crippen molar-refractivity contribution in [3.05, 3.63) is 42.1 Å². The molecule has 0 saturated carbocycles. The molecule has 0 unspecified atom stereocenters. The van der Waals surface area contributed by atoms with Gasteiger partial charge in [-0.15, -0.1) is 0 Å². The lowest BCUT2D eigenvalue weighted by Gasteiger charge is -1.94. The fraction of sp³-hybridized carbons (Fsp3) is 0.0833. The number of hydrogen-bond acceptors (Lipinski definition) is 1. The molecule has 0 amide bonds. The Kier molecular flexibility index (Phi) is 1.39. The van der Waals surface area contributed by atoms with Crippen molar-refractivity contribution in [2.24, 2.45) is 0 Å². The quantitative estimate of drug-likeness (QED) is 0.568. The summed E-state index contributed by atoms with van der Waals surface area (Å²) >= 11 is 0. The van der Waals surface area contributed by atoms with Crippen molar-refractivity contribution in [2.45, 2.75) is 6.92 Å². The predicted octanol–water partition coefficient (Wildman–Crippen LogP) is 3.02. The highest BCUT2D eigenvalue weighted by Crippen LogP contribution is 2.25. The Morgan fingerprint density at radius 1 is 1.14 bits per heavy atom. The zero-order chi connectivity index (χ0) is 9.54. The van der Waals surface area contributed by atoms with E-state index in [0.717, 1.165) is 11.2 Å². The number of nitrogens with zero attached hydrogens (tertiary/aromatic N) is 1. The van der Waals surface area contributed by atoms with Crippen LogP contribution >= 0.6 is 0 Å². The highest BCUT2D eigenvalue weighted by Gasteiger charge is 2.05. The maximum absolute atomic E-state index is 4.32. The van der Waals surface area contributed by atoms with E-state index < -0.39 is 0 Å². The third-order valence-electron chi connectivity index (χ3n) is 2.61. The Balaban J connectivity index is 2.65. The van der Waals surface area contributed by atoms with E-state index in [0.29, 0.717) is 0 Å². The molecule has 0 aliphatic heterocycles. The summed E-state index contributed by atoms with van der Waals surface area (Å²) in [4.78, 5) is 7.63. The number of aromatic amines is 1. The van der Waals surface area contributed by atoms with E-state index in [1.807, 2.05) is 18.3 Å². The predicted molar refractivity (Wildman–Crippen MR) is 58.3 cm³/mol. The molecule has 3 aromatic rings. The second-order valence-corrected chi connectivity index (χ2v) is 3.52. The third kappa shape index (κ3) is 0.880. The number of nitrogens with one attached hydrogen (secondary N) is 1. The Hall–Kier alpha value is -1.83. The first-order chi connectivity index (χ1) is 6.86. The van der Waals surface area contributed by atoms with Crippen LogP contribution in [0.15, 0.2) is 36.5 Å². The molecule has 1 N–H and O–H groups in total. The number of hydrogen-bond donors (Lipinski definition) is 1. The van der Waals surface area contributed by atoms with Gasteiger partial charge in [0.05, 0.1) is 0 Å². The monoisotopic (exact) mass is 182 g/mol. The van der Waals surface area contributed by atoms with Crippen LogP contribution in [0.5, 0.6) is 0 Å². The van der Waals surface area contributed by atoms with Gasteiger partial charge in [0.15, 0.2) is 0 Å². The maximum atomic E-state index is 4.32. The lowest BCUT2D eigenvalue weighted by molar-refractivity contribution is 1.32. The average molecular weight is 182 g/mol. The molecule has 0 aliphatic carbocycles. The first kappa shape index (κ1) is 7.56. The molecular weight excluding hydrogens is 172 g/mol. The molecule has 0 aliphatic rings. The number of aromatic nitrogens is 2. The Morgan fingerprint density at radius 3 is 2.93 bits per heavy atom. The number of pyridine rings is 1. The molecule has 14 heavy (non-hydrogen) atoms. The number of fused-ring (bicyclic) bond motifs is 3. The first-order valence-corrected chi connectivity index (χ1v) is 4.68. The number of benzene rings is 1. The summed E-state index contributed by atoms with van der Waals surface area (Å²) in [5.74, 6) is 0. The van der Waals surface area contributed by atoms with Crippen LogP contribution in [0.25, 0.3) is 21.9 Å². The van der Waals surface area contributed by atoms with Gasteiger partial charge in [0.1, 0.15) is 5.65 Å². The summed E-state index contributed by atoms with van der Waals surface area (Å²) in [6.07, 6.45) is 1.84. The van der Waals surface area contributed by atoms with Gasteiger partial charge in [-0.2, -0.15) is 0 Å². The summed E-state index contributed by atoms with van der Waals surface area (Å²) in [6.45, 7) is 2.12. The smallest absolute Gasteiger partial charge is 0.138 e. The van der Waals surface area contributed by atoms with E-state index in [2.05, 4.69) is 35.1 Å². The molecule has 0 spiro atoms. The summed E-state index contributed by atoms with van der Waals surface area (Å²) in [6, 6.07) is 10.3. The standard InChI is InChI=1S/C12H10N2/c1-8-6-7-13-12-11(8)9-4-2-3-5-10(9)14-12/h2-7H,1H3,(H,13,14). The second kappa shape index (κ2) is 2.58. The van der Waals surface area contributed by atoms with Crippen LogP contribution in [-0.4, -0.2) is 9.97 Å². The molecule has 2 heteroatoms. The number of aryl methyl sites for hydroxylation is 1. The van der Waals surface area contributed by atoms with Crippen LogP contribution in [0.4, 0.5) is 0 Å². The molecule has 0 radical (unpaired) electrons.